The van der Waals surface area contributed by atoms with Gasteiger partial charge < -0.3 is 15.0 Å². The molecule has 1 saturated heterocycles. The molecule has 3 aromatic carbocycles. The van der Waals surface area contributed by atoms with Gasteiger partial charge in [0.05, 0.1) is 0 Å². The number of carboxylic acid groups (broad SMARTS) is 1. The van der Waals surface area contributed by atoms with Gasteiger partial charge in [0, 0.05) is 42.8 Å². The molecule has 5 heteroatoms. The van der Waals surface area contributed by atoms with Gasteiger partial charge in [-0.2, -0.15) is 0 Å². The molecule has 0 aliphatic carbocycles. The summed E-state index contributed by atoms with van der Waals surface area (Å²) in [7, 11) is 0. The van der Waals surface area contributed by atoms with Crippen molar-refractivity contribution in [3.05, 3.63) is 108 Å². The smallest absolute Gasteiger partial charge is 0.407 e. The molecule has 2 atom stereocenters. The quantitative estimate of drug-likeness (QED) is 0.274. The van der Waals surface area contributed by atoms with E-state index >= 15 is 0 Å². The molecule has 1 aromatic heterocycles. The third-order valence-electron chi connectivity index (χ3n) is 7.53. The lowest BCUT2D eigenvalue weighted by Crippen LogP contribution is -2.45. The molecule has 5 rings (SSSR count). The van der Waals surface area contributed by atoms with Gasteiger partial charge >= 0.3 is 6.09 Å². The van der Waals surface area contributed by atoms with Crippen molar-refractivity contribution in [2.45, 2.75) is 50.7 Å². The van der Waals surface area contributed by atoms with E-state index in [-0.39, 0.29) is 6.04 Å². The van der Waals surface area contributed by atoms with Crippen LogP contribution in [0, 0.1) is 0 Å². The molecule has 1 aliphatic heterocycles. The third-order valence-corrected chi connectivity index (χ3v) is 7.53. The minimum absolute atomic E-state index is 0.0465. The standard InChI is InChI=1S/C31H35N3O2/c35-31(36)34-19-17-26(29-21-32-30-16-8-7-15-28(29)30)20-27(34)14-9-18-33(22-24-10-3-1-4-11-24)23-25-12-5-2-6-13-25/h1-8,10-13,15-16,21,26-27,32H,9,14,17-20,22-23H2,(H,35,36)/t26?,27-/m0/s1. The Bertz CT molecular complexity index is 1210. The number of fused-ring (bicyclic) bond motifs is 1. The van der Waals surface area contributed by atoms with E-state index in [0.29, 0.717) is 12.5 Å². The van der Waals surface area contributed by atoms with E-state index in [0.717, 1.165) is 50.8 Å². The highest BCUT2D eigenvalue weighted by Crippen LogP contribution is 2.37. The van der Waals surface area contributed by atoms with E-state index < -0.39 is 6.09 Å². The zero-order chi connectivity index (χ0) is 24.7. The highest BCUT2D eigenvalue weighted by atomic mass is 16.4. The van der Waals surface area contributed by atoms with E-state index in [1.807, 2.05) is 0 Å². The molecule has 2 N–H and O–H groups in total. The van der Waals surface area contributed by atoms with Crippen molar-refractivity contribution in [1.82, 2.24) is 14.8 Å². The van der Waals surface area contributed by atoms with Crippen LogP contribution >= 0.6 is 0 Å². The molecule has 1 fully saturated rings. The first-order valence-corrected chi connectivity index (χ1v) is 13.0. The number of H-pyrrole nitrogens is 1. The summed E-state index contributed by atoms with van der Waals surface area (Å²) >= 11 is 0. The first kappa shape index (κ1) is 24.1. The van der Waals surface area contributed by atoms with Gasteiger partial charge in [0.1, 0.15) is 0 Å². The van der Waals surface area contributed by atoms with Gasteiger partial charge in [-0.15, -0.1) is 0 Å². The van der Waals surface area contributed by atoms with E-state index in [2.05, 4.69) is 101 Å². The van der Waals surface area contributed by atoms with Crippen LogP contribution in [0.3, 0.4) is 0 Å². The molecule has 0 radical (unpaired) electrons. The van der Waals surface area contributed by atoms with Crippen LogP contribution in [0.1, 0.15) is 48.3 Å². The van der Waals surface area contributed by atoms with Gasteiger partial charge in [-0.25, -0.2) is 4.79 Å². The average molecular weight is 482 g/mol. The fourth-order valence-electron chi connectivity index (χ4n) is 5.74. The lowest BCUT2D eigenvalue weighted by molar-refractivity contribution is 0.0946. The molecule has 1 aliphatic rings. The summed E-state index contributed by atoms with van der Waals surface area (Å²) in [6, 6.07) is 29.6. The van der Waals surface area contributed by atoms with E-state index in [1.165, 1.54) is 22.1 Å². The van der Waals surface area contributed by atoms with Gasteiger partial charge in [-0.05, 0) is 60.9 Å². The molecule has 4 aromatic rings. The number of benzene rings is 3. The van der Waals surface area contributed by atoms with Crippen molar-refractivity contribution < 1.29 is 9.90 Å². The van der Waals surface area contributed by atoms with Crippen molar-refractivity contribution >= 4 is 17.0 Å². The summed E-state index contributed by atoms with van der Waals surface area (Å²) in [6.07, 6.45) is 4.94. The Morgan fingerprint density at radius 2 is 1.56 bits per heavy atom. The molecule has 186 valence electrons. The summed E-state index contributed by atoms with van der Waals surface area (Å²) in [4.78, 5) is 19.6. The molecule has 1 unspecified atom stereocenters. The number of nitrogens with zero attached hydrogens (tertiary/aromatic N) is 2. The topological polar surface area (TPSA) is 59.6 Å². The van der Waals surface area contributed by atoms with Crippen molar-refractivity contribution in [2.75, 3.05) is 13.1 Å². The number of aromatic amines is 1. The van der Waals surface area contributed by atoms with Crippen molar-refractivity contribution in [3.63, 3.8) is 0 Å². The summed E-state index contributed by atoms with van der Waals surface area (Å²) in [6.45, 7) is 3.31. The number of hydrogen-bond donors (Lipinski definition) is 2. The molecule has 0 spiro atoms. The van der Waals surface area contributed by atoms with Gasteiger partial charge in [0.25, 0.3) is 0 Å². The maximum Gasteiger partial charge on any atom is 0.407 e. The number of carbonyl (C=O) groups is 1. The second-order valence-corrected chi connectivity index (χ2v) is 9.96. The predicted molar refractivity (Wildman–Crippen MR) is 145 cm³/mol. The second-order valence-electron chi connectivity index (χ2n) is 9.96. The van der Waals surface area contributed by atoms with Crippen LogP contribution in [0.15, 0.2) is 91.1 Å². The van der Waals surface area contributed by atoms with Crippen molar-refractivity contribution in [3.8, 4) is 0 Å². The molecular formula is C31H35N3O2. The average Bonchev–Trinajstić information content (AvgIpc) is 3.34. The first-order valence-electron chi connectivity index (χ1n) is 13.0. The number of amides is 1. The fourth-order valence-corrected chi connectivity index (χ4v) is 5.74. The summed E-state index contributed by atoms with van der Waals surface area (Å²) in [5, 5.41) is 11.2. The number of nitrogens with one attached hydrogen (secondary N) is 1. The molecule has 36 heavy (non-hydrogen) atoms. The lowest BCUT2D eigenvalue weighted by atomic mass is 9.84. The van der Waals surface area contributed by atoms with Crippen molar-refractivity contribution in [1.29, 1.82) is 0 Å². The number of para-hydroxylation sites is 1. The molecule has 2 heterocycles. The highest BCUT2D eigenvalue weighted by Gasteiger charge is 2.32. The molecule has 5 nitrogen and oxygen atoms in total. The third kappa shape index (κ3) is 5.80. The lowest BCUT2D eigenvalue weighted by Gasteiger charge is -2.38. The zero-order valence-corrected chi connectivity index (χ0v) is 20.7. The van der Waals surface area contributed by atoms with E-state index in [9.17, 15) is 9.90 Å². The molecular weight excluding hydrogens is 446 g/mol. The fraction of sp³-hybridized carbons (Fsp3) is 0.323. The monoisotopic (exact) mass is 481 g/mol. The van der Waals surface area contributed by atoms with Gasteiger partial charge in [0.2, 0.25) is 0 Å². The number of hydrogen-bond acceptors (Lipinski definition) is 2. The van der Waals surface area contributed by atoms with Gasteiger partial charge in [-0.3, -0.25) is 4.90 Å². The zero-order valence-electron chi connectivity index (χ0n) is 20.7. The largest absolute Gasteiger partial charge is 0.465 e. The Kier molecular flexibility index (Phi) is 7.67. The Hall–Kier alpha value is -3.57. The predicted octanol–water partition coefficient (Wildman–Crippen LogP) is 6.88. The van der Waals surface area contributed by atoms with E-state index in [4.69, 9.17) is 0 Å². The van der Waals surface area contributed by atoms with Crippen LogP contribution in [0.25, 0.3) is 10.9 Å². The maximum absolute atomic E-state index is 12.1. The normalized spacial score (nSPS) is 18.1. The van der Waals surface area contributed by atoms with Crippen LogP contribution in [0.2, 0.25) is 0 Å². The van der Waals surface area contributed by atoms with Crippen LogP contribution in [-0.2, 0) is 13.1 Å². The number of piperidine rings is 1. The Labute approximate surface area is 213 Å². The SMILES string of the molecule is O=C(O)N1CCC(c2c[nH]c3ccccc23)C[C@@H]1CCCN(Cc1ccccc1)Cc1ccccc1. The van der Waals surface area contributed by atoms with Crippen LogP contribution in [0.4, 0.5) is 4.79 Å². The van der Waals surface area contributed by atoms with Gasteiger partial charge in [0.15, 0.2) is 0 Å². The molecule has 0 bridgehead atoms. The Morgan fingerprint density at radius 1 is 0.917 bits per heavy atom. The maximum atomic E-state index is 12.1. The van der Waals surface area contributed by atoms with E-state index in [1.54, 1.807) is 4.90 Å². The number of rotatable bonds is 9. The molecule has 0 saturated carbocycles. The summed E-state index contributed by atoms with van der Waals surface area (Å²) in [5.41, 5.74) is 5.09. The van der Waals surface area contributed by atoms with Crippen molar-refractivity contribution in [2.24, 2.45) is 0 Å². The number of aromatic nitrogens is 1. The minimum Gasteiger partial charge on any atom is -0.465 e. The Balaban J connectivity index is 1.26. The first-order chi connectivity index (χ1) is 17.7. The Morgan fingerprint density at radius 3 is 2.22 bits per heavy atom. The summed E-state index contributed by atoms with van der Waals surface area (Å²) in [5.74, 6) is 0.381. The van der Waals surface area contributed by atoms with Crippen LogP contribution in [-0.4, -0.2) is 45.1 Å². The number of likely N-dealkylation sites (tertiary alicyclic amines) is 1. The minimum atomic E-state index is -0.789. The van der Waals surface area contributed by atoms with Gasteiger partial charge in [-0.1, -0.05) is 78.9 Å². The summed E-state index contributed by atoms with van der Waals surface area (Å²) < 4.78 is 0. The van der Waals surface area contributed by atoms with Crippen LogP contribution in [0.5, 0.6) is 0 Å². The van der Waals surface area contributed by atoms with Crippen LogP contribution < -0.4 is 0 Å². The molecule has 1 amide bonds. The highest BCUT2D eigenvalue weighted by molar-refractivity contribution is 5.83. The second kappa shape index (κ2) is 11.4.